The third-order valence-corrected chi connectivity index (χ3v) is 5.88. The molecule has 0 aromatic heterocycles. The van der Waals surface area contributed by atoms with Crippen molar-refractivity contribution >= 4 is 74.0 Å². The number of hydrogen-bond donors (Lipinski definition) is 6. The van der Waals surface area contributed by atoms with E-state index in [9.17, 15) is 29.4 Å². The van der Waals surface area contributed by atoms with Crippen LogP contribution in [0.1, 0.15) is 13.8 Å². The summed E-state index contributed by atoms with van der Waals surface area (Å²) in [6, 6.07) is 0. The minimum Gasteiger partial charge on any atom is -0.464 e. The second-order valence-corrected chi connectivity index (χ2v) is 8.96. The zero-order valence-electron chi connectivity index (χ0n) is 14.1. The van der Waals surface area contributed by atoms with Crippen LogP contribution in [0.15, 0.2) is 0 Å². The Morgan fingerprint density at radius 2 is 1.35 bits per heavy atom. The lowest BCUT2D eigenvalue weighted by atomic mass is 9.92. The molecule has 2 N–H and O–H groups in total. The van der Waals surface area contributed by atoms with Crippen molar-refractivity contribution in [1.29, 1.82) is 0 Å². The van der Waals surface area contributed by atoms with E-state index in [1.165, 1.54) is 0 Å². The van der Waals surface area contributed by atoms with Crippen molar-refractivity contribution in [3.63, 3.8) is 0 Å². The molecule has 0 unspecified atom stereocenters. The summed E-state index contributed by atoms with van der Waals surface area (Å²) in [7, 11) is 0. The van der Waals surface area contributed by atoms with Crippen LogP contribution in [0.4, 0.5) is 0 Å². The van der Waals surface area contributed by atoms with Gasteiger partial charge in [-0.05, 0) is 13.8 Å². The quantitative estimate of drug-likeness (QED) is 0.109. The number of Topliss-reactive ketones (excluding diaryl/α,β-unsaturated/α-hetero) is 2. The number of rotatable bonds is 11. The van der Waals surface area contributed by atoms with Crippen LogP contribution < -0.4 is 0 Å². The van der Waals surface area contributed by atoms with E-state index in [1.54, 1.807) is 0 Å². The van der Waals surface area contributed by atoms with Crippen LogP contribution in [-0.4, -0.2) is 68.8 Å². The maximum atomic E-state index is 12.0. The van der Waals surface area contributed by atoms with Crippen LogP contribution in [0.5, 0.6) is 0 Å². The first-order valence-electron chi connectivity index (χ1n) is 7.22. The third-order valence-electron chi connectivity index (χ3n) is 3.41. The Kier molecular flexibility index (Phi) is 10.6. The number of carbonyl (C=O) groups is 4. The number of hydrogen-bond acceptors (Lipinski definition) is 12. The lowest BCUT2D eigenvalue weighted by Gasteiger charge is -2.31. The second-order valence-electron chi connectivity index (χ2n) is 5.75. The molecular formula is C14H22O8S4. The summed E-state index contributed by atoms with van der Waals surface area (Å²) >= 11 is 15.8. The minimum atomic E-state index is -1.66. The molecule has 0 atom stereocenters. The topological polar surface area (TPSA) is 127 Å². The van der Waals surface area contributed by atoms with E-state index < -0.39 is 69.9 Å². The van der Waals surface area contributed by atoms with Crippen molar-refractivity contribution in [3.05, 3.63) is 0 Å². The summed E-state index contributed by atoms with van der Waals surface area (Å²) in [6.07, 6.45) is 0. The molecule has 0 saturated heterocycles. The summed E-state index contributed by atoms with van der Waals surface area (Å²) in [5.41, 5.74) is -1.55. The fraction of sp³-hybridized carbons (Fsp3) is 0.714. The van der Waals surface area contributed by atoms with Crippen molar-refractivity contribution in [2.45, 2.75) is 22.5 Å². The molecule has 0 aromatic carbocycles. The van der Waals surface area contributed by atoms with Gasteiger partial charge in [0.25, 0.3) is 0 Å². The van der Waals surface area contributed by atoms with Gasteiger partial charge in [0.2, 0.25) is 0 Å². The molecule has 0 spiro atoms. The van der Waals surface area contributed by atoms with Crippen molar-refractivity contribution in [3.8, 4) is 0 Å². The number of thiol groups is 4. The van der Waals surface area contributed by atoms with Gasteiger partial charge in [-0.15, -0.1) is 25.3 Å². The smallest absolute Gasteiger partial charge is 0.334 e. The van der Waals surface area contributed by atoms with E-state index in [0.29, 0.717) is 0 Å². The number of ether oxygens (including phenoxy) is 2. The van der Waals surface area contributed by atoms with E-state index in [1.807, 2.05) is 0 Å². The summed E-state index contributed by atoms with van der Waals surface area (Å²) in [6.45, 7) is -0.456. The molecule has 0 aliphatic rings. The van der Waals surface area contributed by atoms with Gasteiger partial charge in [-0.1, -0.05) is 0 Å². The van der Waals surface area contributed by atoms with Gasteiger partial charge in [-0.2, -0.15) is 25.3 Å². The van der Waals surface area contributed by atoms with Gasteiger partial charge < -0.3 is 19.7 Å². The molecule has 0 saturated carbocycles. The first-order chi connectivity index (χ1) is 11.8. The number of aliphatic hydroxyl groups excluding tert-OH is 2. The molecule has 0 fully saturated rings. The third kappa shape index (κ3) is 6.97. The molecular weight excluding hydrogens is 424 g/mol. The highest BCUT2D eigenvalue weighted by Gasteiger charge is 2.41. The summed E-state index contributed by atoms with van der Waals surface area (Å²) in [4.78, 5) is 46.6. The van der Waals surface area contributed by atoms with Crippen LogP contribution in [0.2, 0.25) is 0 Å². The van der Waals surface area contributed by atoms with Gasteiger partial charge in [0.05, 0.1) is 23.2 Å². The molecule has 0 heterocycles. The fourth-order valence-electron chi connectivity index (χ4n) is 1.63. The lowest BCUT2D eigenvalue weighted by molar-refractivity contribution is -0.163. The van der Waals surface area contributed by atoms with Gasteiger partial charge >= 0.3 is 11.9 Å². The van der Waals surface area contributed by atoms with Gasteiger partial charge in [0, 0.05) is 0 Å². The zero-order chi connectivity index (χ0) is 20.7. The van der Waals surface area contributed by atoms with Crippen LogP contribution in [0.3, 0.4) is 0 Å². The van der Waals surface area contributed by atoms with Gasteiger partial charge in [0.1, 0.15) is 13.2 Å². The highest BCUT2D eigenvalue weighted by atomic mass is 32.2. The molecule has 8 nitrogen and oxygen atoms in total. The van der Waals surface area contributed by atoms with Crippen LogP contribution in [0.25, 0.3) is 0 Å². The molecule has 0 rings (SSSR count). The number of ketones is 2. The predicted octanol–water partition coefficient (Wildman–Crippen LogP) is -0.420. The number of carbonyl (C=O) groups excluding carboxylic acids is 4. The Bertz CT molecular complexity index is 531. The molecule has 0 bridgehead atoms. The molecule has 0 aliphatic carbocycles. The predicted molar refractivity (Wildman–Crippen MR) is 106 cm³/mol. The minimum absolute atomic E-state index is 0.548. The van der Waals surface area contributed by atoms with Gasteiger partial charge in [-0.25, -0.2) is 4.79 Å². The molecule has 26 heavy (non-hydrogen) atoms. The van der Waals surface area contributed by atoms with Crippen molar-refractivity contribution < 1.29 is 38.9 Å². The Morgan fingerprint density at radius 1 is 0.923 bits per heavy atom. The second kappa shape index (κ2) is 10.8. The average Bonchev–Trinajstić information content (AvgIpc) is 2.54. The normalized spacial score (nSPS) is 12.2. The maximum Gasteiger partial charge on any atom is 0.334 e. The molecule has 0 aliphatic heterocycles. The average molecular weight is 447 g/mol. The Balaban J connectivity index is 5.06. The number of esters is 2. The molecule has 0 radical (unpaired) electrons. The van der Waals surface area contributed by atoms with E-state index in [0.717, 1.165) is 13.8 Å². The van der Waals surface area contributed by atoms with Crippen LogP contribution in [0, 0.1) is 11.3 Å². The van der Waals surface area contributed by atoms with Crippen molar-refractivity contribution in [1.82, 2.24) is 0 Å². The van der Waals surface area contributed by atoms with E-state index in [4.69, 9.17) is 9.47 Å². The van der Waals surface area contributed by atoms with E-state index >= 15 is 0 Å². The Labute approximate surface area is 173 Å². The first-order valence-corrected chi connectivity index (χ1v) is 9.14. The highest BCUT2D eigenvalue weighted by molar-refractivity contribution is 8.08. The lowest BCUT2D eigenvalue weighted by Crippen LogP contribution is -2.45. The zero-order valence-corrected chi connectivity index (χ0v) is 17.7. The van der Waals surface area contributed by atoms with Crippen molar-refractivity contribution in [2.24, 2.45) is 11.3 Å². The Morgan fingerprint density at radius 3 is 1.69 bits per heavy atom. The van der Waals surface area contributed by atoms with Crippen LogP contribution in [-0.2, 0) is 28.7 Å². The summed E-state index contributed by atoms with van der Waals surface area (Å²) in [5.74, 6) is -5.05. The standard InChI is InChI=1S/C14H22O8S4/c1-7(17)9(8(2)18)10(19)21-5-13(3-15,4-16)6-22-11(20)14(25,26)12(23)24/h9,12,15-16,23-26H,3-6H2,1-2H3. The van der Waals surface area contributed by atoms with E-state index in [2.05, 4.69) is 50.5 Å². The summed E-state index contributed by atoms with van der Waals surface area (Å²) in [5, 5.41) is 19.1. The molecule has 0 aromatic rings. The largest absolute Gasteiger partial charge is 0.464 e. The maximum absolute atomic E-state index is 12.0. The van der Waals surface area contributed by atoms with Crippen LogP contribution >= 0.6 is 50.5 Å². The Hall–Kier alpha value is -0.400. The van der Waals surface area contributed by atoms with E-state index in [-0.39, 0.29) is 0 Å². The molecule has 0 amide bonds. The van der Waals surface area contributed by atoms with Crippen molar-refractivity contribution in [2.75, 3.05) is 26.4 Å². The highest BCUT2D eigenvalue weighted by Crippen LogP contribution is 2.32. The molecule has 150 valence electrons. The van der Waals surface area contributed by atoms with Gasteiger partial charge in [-0.3, -0.25) is 14.4 Å². The number of aliphatic hydroxyl groups is 2. The monoisotopic (exact) mass is 446 g/mol. The SMILES string of the molecule is CC(=O)C(C(C)=O)C(=O)OCC(CO)(CO)COC(=O)C(S)(S)C(S)S. The van der Waals surface area contributed by atoms with Gasteiger partial charge in [0.15, 0.2) is 21.6 Å². The fourth-order valence-corrected chi connectivity index (χ4v) is 1.97. The molecule has 12 heteroatoms. The first kappa shape index (κ1) is 25.6. The summed E-state index contributed by atoms with van der Waals surface area (Å²) < 4.78 is 7.30.